The Balaban J connectivity index is 2.78. The number of benzene rings is 1. The second kappa shape index (κ2) is 4.42. The van der Waals surface area contributed by atoms with Gasteiger partial charge in [0.25, 0.3) is 0 Å². The summed E-state index contributed by atoms with van der Waals surface area (Å²) in [5.74, 6) is 0. The summed E-state index contributed by atoms with van der Waals surface area (Å²) in [5, 5.41) is 0. The molecule has 0 saturated carbocycles. The second-order valence-corrected chi connectivity index (χ2v) is 9.64. The van der Waals surface area contributed by atoms with Gasteiger partial charge < -0.3 is 0 Å². The minimum atomic E-state index is -1.06. The lowest BCUT2D eigenvalue weighted by Gasteiger charge is -2.07. The van der Waals surface area contributed by atoms with Crippen LogP contribution in [0.25, 0.3) is 12.2 Å². The molecule has 0 unspecified atom stereocenters. The van der Waals surface area contributed by atoms with Gasteiger partial charge in [0, 0.05) is 0 Å². The largest absolute Gasteiger partial charge is 0.0985 e. The van der Waals surface area contributed by atoms with Gasteiger partial charge in [0.2, 0.25) is 0 Å². The summed E-state index contributed by atoms with van der Waals surface area (Å²) >= 11 is 0. The van der Waals surface area contributed by atoms with E-state index < -0.39 is 8.07 Å². The van der Waals surface area contributed by atoms with Crippen LogP contribution in [0.3, 0.4) is 0 Å². The maximum Gasteiger partial charge on any atom is 0.0687 e. The van der Waals surface area contributed by atoms with Gasteiger partial charge in [-0.1, -0.05) is 68.3 Å². The lowest BCUT2D eigenvalue weighted by Crippen LogP contribution is -2.15. The molecule has 0 aromatic heterocycles. The van der Waals surface area contributed by atoms with Crippen LogP contribution in [0.4, 0.5) is 0 Å². The van der Waals surface area contributed by atoms with Crippen molar-refractivity contribution in [1.29, 1.82) is 0 Å². The molecule has 0 aliphatic rings. The van der Waals surface area contributed by atoms with Crippen LogP contribution >= 0.6 is 0 Å². The Bertz CT molecular complexity index is 325. The summed E-state index contributed by atoms with van der Waals surface area (Å²) in [6, 6.07) is 8.45. The first-order chi connectivity index (χ1) is 6.51. The summed E-state index contributed by atoms with van der Waals surface area (Å²) in [5.41, 5.74) is 4.81. The van der Waals surface area contributed by atoms with E-state index in [9.17, 15) is 0 Å². The molecular formula is C13H18Si. The summed E-state index contributed by atoms with van der Waals surface area (Å²) in [4.78, 5) is 0. The Morgan fingerprint density at radius 3 is 1.93 bits per heavy atom. The molecule has 0 N–H and O–H groups in total. The molecule has 1 aromatic carbocycles. The topological polar surface area (TPSA) is 0 Å². The summed E-state index contributed by atoms with van der Waals surface area (Å²) in [6.45, 7) is 10.7. The van der Waals surface area contributed by atoms with Crippen molar-refractivity contribution in [1.82, 2.24) is 0 Å². The van der Waals surface area contributed by atoms with Gasteiger partial charge in [-0.3, -0.25) is 0 Å². The fourth-order valence-corrected chi connectivity index (χ4v) is 1.78. The van der Waals surface area contributed by atoms with Gasteiger partial charge in [0.05, 0.1) is 8.07 Å². The zero-order valence-electron chi connectivity index (χ0n) is 9.25. The average molecular weight is 202 g/mol. The second-order valence-electron chi connectivity index (χ2n) is 4.57. The van der Waals surface area contributed by atoms with Gasteiger partial charge in [-0.25, -0.2) is 0 Å². The van der Waals surface area contributed by atoms with E-state index in [1.807, 2.05) is 6.08 Å². The molecule has 0 heterocycles. The SMILES string of the molecule is C=Cc1ccc(/C=C/[Si](C)(C)C)cc1. The Labute approximate surface area is 88.0 Å². The maximum absolute atomic E-state index is 3.73. The summed E-state index contributed by atoms with van der Waals surface area (Å²) in [6.07, 6.45) is 4.09. The minimum absolute atomic E-state index is 1.06. The van der Waals surface area contributed by atoms with Crippen LogP contribution in [-0.4, -0.2) is 8.07 Å². The molecule has 1 rings (SSSR count). The molecule has 0 aliphatic carbocycles. The van der Waals surface area contributed by atoms with Crippen LogP contribution in [0.1, 0.15) is 11.1 Å². The van der Waals surface area contributed by atoms with Crippen LogP contribution in [0.2, 0.25) is 19.6 Å². The molecule has 0 fully saturated rings. The van der Waals surface area contributed by atoms with Crippen LogP contribution < -0.4 is 0 Å². The van der Waals surface area contributed by atoms with Crippen molar-refractivity contribution >= 4 is 20.2 Å². The molecule has 0 aliphatic heterocycles. The number of hydrogen-bond donors (Lipinski definition) is 0. The first kappa shape index (κ1) is 11.0. The van der Waals surface area contributed by atoms with Crippen molar-refractivity contribution in [2.45, 2.75) is 19.6 Å². The van der Waals surface area contributed by atoms with Crippen molar-refractivity contribution in [3.63, 3.8) is 0 Å². The van der Waals surface area contributed by atoms with E-state index in [1.165, 1.54) is 11.1 Å². The zero-order chi connectivity index (χ0) is 10.6. The standard InChI is InChI=1S/C13H18Si/c1-5-12-6-8-13(9-7-12)10-11-14(2,3)4/h5-11H,1H2,2-4H3/b11-10+. The van der Waals surface area contributed by atoms with E-state index in [4.69, 9.17) is 0 Å². The normalized spacial score (nSPS) is 11.9. The van der Waals surface area contributed by atoms with Crippen LogP contribution in [-0.2, 0) is 0 Å². The minimum Gasteiger partial charge on any atom is -0.0985 e. The highest BCUT2D eigenvalue weighted by atomic mass is 28.3. The lowest BCUT2D eigenvalue weighted by atomic mass is 10.1. The van der Waals surface area contributed by atoms with Gasteiger partial charge in [0.15, 0.2) is 0 Å². The number of rotatable bonds is 3. The van der Waals surface area contributed by atoms with Crippen molar-refractivity contribution in [2.24, 2.45) is 0 Å². The van der Waals surface area contributed by atoms with E-state index >= 15 is 0 Å². The Kier molecular flexibility index (Phi) is 3.47. The van der Waals surface area contributed by atoms with Gasteiger partial charge in [-0.05, 0) is 11.1 Å². The van der Waals surface area contributed by atoms with E-state index in [0.717, 1.165) is 0 Å². The van der Waals surface area contributed by atoms with E-state index in [-0.39, 0.29) is 0 Å². The Morgan fingerprint density at radius 1 is 1.00 bits per heavy atom. The monoisotopic (exact) mass is 202 g/mol. The highest BCUT2D eigenvalue weighted by Crippen LogP contribution is 2.10. The zero-order valence-corrected chi connectivity index (χ0v) is 10.2. The molecule has 74 valence electrons. The predicted octanol–water partition coefficient (Wildman–Crippen LogP) is 4.22. The Hall–Kier alpha value is -1.08. The third-order valence-corrected chi connectivity index (χ3v) is 3.11. The fraction of sp³-hybridized carbons (Fsp3) is 0.231. The molecule has 0 atom stereocenters. The first-order valence-corrected chi connectivity index (χ1v) is 8.51. The molecule has 0 radical (unpaired) electrons. The van der Waals surface area contributed by atoms with Gasteiger partial charge in [-0.2, -0.15) is 0 Å². The van der Waals surface area contributed by atoms with E-state index in [2.05, 4.69) is 62.3 Å². The first-order valence-electron chi connectivity index (χ1n) is 4.93. The van der Waals surface area contributed by atoms with E-state index in [0.29, 0.717) is 0 Å². The smallest absolute Gasteiger partial charge is 0.0687 e. The third-order valence-electron chi connectivity index (χ3n) is 1.95. The highest BCUT2D eigenvalue weighted by Gasteiger charge is 2.06. The fourth-order valence-electron chi connectivity index (χ4n) is 1.09. The van der Waals surface area contributed by atoms with Crippen molar-refractivity contribution in [3.8, 4) is 0 Å². The summed E-state index contributed by atoms with van der Waals surface area (Å²) < 4.78 is 0. The van der Waals surface area contributed by atoms with E-state index in [1.54, 1.807) is 0 Å². The predicted molar refractivity (Wildman–Crippen MR) is 68.9 cm³/mol. The molecule has 0 saturated heterocycles. The Morgan fingerprint density at radius 2 is 1.50 bits per heavy atom. The molecule has 1 heteroatoms. The number of hydrogen-bond acceptors (Lipinski definition) is 0. The van der Waals surface area contributed by atoms with Crippen molar-refractivity contribution in [3.05, 3.63) is 47.7 Å². The van der Waals surface area contributed by atoms with Crippen LogP contribution in [0.5, 0.6) is 0 Å². The summed E-state index contributed by atoms with van der Waals surface area (Å²) in [7, 11) is -1.06. The third kappa shape index (κ3) is 3.75. The lowest BCUT2D eigenvalue weighted by molar-refractivity contribution is 1.62. The molecule has 0 bridgehead atoms. The van der Waals surface area contributed by atoms with Crippen LogP contribution in [0.15, 0.2) is 36.5 Å². The molecule has 1 aromatic rings. The van der Waals surface area contributed by atoms with Crippen molar-refractivity contribution in [2.75, 3.05) is 0 Å². The van der Waals surface area contributed by atoms with Gasteiger partial charge in [0.1, 0.15) is 0 Å². The average Bonchev–Trinajstić information content (AvgIpc) is 2.14. The maximum atomic E-state index is 3.73. The van der Waals surface area contributed by atoms with Crippen LogP contribution in [0, 0.1) is 0 Å². The quantitative estimate of drug-likeness (QED) is 0.644. The highest BCUT2D eigenvalue weighted by molar-refractivity contribution is 6.81. The van der Waals surface area contributed by atoms with Gasteiger partial charge >= 0.3 is 0 Å². The molecular weight excluding hydrogens is 184 g/mol. The molecule has 0 amide bonds. The molecule has 14 heavy (non-hydrogen) atoms. The molecule has 0 nitrogen and oxygen atoms in total. The van der Waals surface area contributed by atoms with Crippen molar-refractivity contribution < 1.29 is 0 Å². The van der Waals surface area contributed by atoms with Gasteiger partial charge in [-0.15, -0.1) is 0 Å². The molecule has 0 spiro atoms.